The number of H-pyrrole nitrogens is 1. The zero-order valence-electron chi connectivity index (χ0n) is 13.7. The van der Waals surface area contributed by atoms with Crippen molar-refractivity contribution in [3.05, 3.63) is 54.2 Å². The second-order valence-electron chi connectivity index (χ2n) is 5.79. The lowest BCUT2D eigenvalue weighted by Gasteiger charge is -2.32. The molecule has 2 aromatic rings. The average Bonchev–Trinajstić information content (AvgIpc) is 2.63. The van der Waals surface area contributed by atoms with E-state index < -0.39 is 0 Å². The molecular formula is C18H21N4OS+. The minimum Gasteiger partial charge on any atom is -0.341 e. The number of nitrogens with zero attached hydrogens (tertiary/aromatic N) is 2. The molecule has 0 bridgehead atoms. The van der Waals surface area contributed by atoms with Gasteiger partial charge in [0.05, 0.1) is 19.3 Å². The van der Waals surface area contributed by atoms with Crippen molar-refractivity contribution in [2.24, 2.45) is 0 Å². The molecule has 0 atom stereocenters. The van der Waals surface area contributed by atoms with Crippen LogP contribution < -0.4 is 15.2 Å². The summed E-state index contributed by atoms with van der Waals surface area (Å²) in [5, 5.41) is 3.94. The highest BCUT2D eigenvalue weighted by molar-refractivity contribution is 7.80. The van der Waals surface area contributed by atoms with Crippen LogP contribution >= 0.6 is 12.2 Å². The van der Waals surface area contributed by atoms with E-state index in [2.05, 4.69) is 26.2 Å². The van der Waals surface area contributed by atoms with Crippen molar-refractivity contribution in [1.82, 2.24) is 4.90 Å². The Bertz CT molecular complexity index is 727. The van der Waals surface area contributed by atoms with Gasteiger partial charge in [0.2, 0.25) is 0 Å². The van der Waals surface area contributed by atoms with Gasteiger partial charge in [-0.25, -0.2) is 4.98 Å². The highest BCUT2D eigenvalue weighted by Crippen LogP contribution is 2.14. The largest absolute Gasteiger partial charge is 0.341 e. The number of ketones is 1. The number of pyridine rings is 1. The molecule has 1 fully saturated rings. The van der Waals surface area contributed by atoms with Crippen LogP contribution in [0.15, 0.2) is 48.7 Å². The van der Waals surface area contributed by atoms with Crippen molar-refractivity contribution in [3.63, 3.8) is 0 Å². The molecule has 24 heavy (non-hydrogen) atoms. The van der Waals surface area contributed by atoms with Gasteiger partial charge in [-0.05, 0) is 37.3 Å². The summed E-state index contributed by atoms with van der Waals surface area (Å²) in [4.78, 5) is 19.2. The first-order valence-corrected chi connectivity index (χ1v) is 8.43. The Hall–Kier alpha value is -2.47. The van der Waals surface area contributed by atoms with Crippen molar-refractivity contribution in [3.8, 4) is 0 Å². The minimum atomic E-state index is 0.0530. The van der Waals surface area contributed by atoms with E-state index in [4.69, 9.17) is 12.2 Å². The summed E-state index contributed by atoms with van der Waals surface area (Å²) < 4.78 is 0. The molecule has 0 radical (unpaired) electrons. The molecule has 2 N–H and O–H groups in total. The quantitative estimate of drug-likeness (QED) is 0.685. The Labute approximate surface area is 147 Å². The van der Waals surface area contributed by atoms with Gasteiger partial charge in [0, 0.05) is 17.3 Å². The van der Waals surface area contributed by atoms with E-state index in [1.807, 2.05) is 42.6 Å². The van der Waals surface area contributed by atoms with Gasteiger partial charge in [0.15, 0.2) is 10.9 Å². The zero-order valence-corrected chi connectivity index (χ0v) is 14.5. The summed E-state index contributed by atoms with van der Waals surface area (Å²) in [6.07, 6.45) is 1.94. The van der Waals surface area contributed by atoms with Crippen molar-refractivity contribution in [1.29, 1.82) is 0 Å². The number of hydrogen-bond acceptors (Lipinski definition) is 3. The molecule has 0 spiro atoms. The zero-order chi connectivity index (χ0) is 16.9. The molecule has 1 aliphatic heterocycles. The summed E-state index contributed by atoms with van der Waals surface area (Å²) in [5.41, 5.74) is 1.54. The molecule has 2 heterocycles. The molecule has 1 aromatic carbocycles. The van der Waals surface area contributed by atoms with Gasteiger partial charge in [-0.2, -0.15) is 0 Å². The Morgan fingerprint density at radius 3 is 2.58 bits per heavy atom. The summed E-state index contributed by atoms with van der Waals surface area (Å²) >= 11 is 5.52. The van der Waals surface area contributed by atoms with Crippen LogP contribution in [-0.2, 0) is 0 Å². The van der Waals surface area contributed by atoms with E-state index in [1.165, 1.54) is 0 Å². The lowest BCUT2D eigenvalue weighted by Crippen LogP contribution is -2.51. The van der Waals surface area contributed by atoms with Gasteiger partial charge >= 0.3 is 0 Å². The third kappa shape index (κ3) is 3.89. The maximum atomic E-state index is 11.5. The number of anilines is 2. The van der Waals surface area contributed by atoms with Crippen LogP contribution in [0, 0.1) is 0 Å². The highest BCUT2D eigenvalue weighted by Gasteiger charge is 2.24. The fraction of sp³-hybridized carbons (Fsp3) is 0.278. The lowest BCUT2D eigenvalue weighted by atomic mass is 10.1. The normalized spacial score (nSPS) is 14.4. The van der Waals surface area contributed by atoms with E-state index in [1.54, 1.807) is 6.92 Å². The molecule has 0 amide bonds. The number of nitrogens with one attached hydrogen (secondary N) is 2. The third-order valence-electron chi connectivity index (χ3n) is 4.12. The van der Waals surface area contributed by atoms with Crippen molar-refractivity contribution < 1.29 is 9.78 Å². The Balaban J connectivity index is 1.57. The van der Waals surface area contributed by atoms with Gasteiger partial charge in [0.1, 0.15) is 13.1 Å². The van der Waals surface area contributed by atoms with Crippen LogP contribution in [0.5, 0.6) is 0 Å². The topological polar surface area (TPSA) is 49.7 Å². The van der Waals surface area contributed by atoms with Crippen molar-refractivity contribution in [2.75, 3.05) is 36.4 Å². The number of carbonyl (C=O) groups is 1. The Kier molecular flexibility index (Phi) is 5.05. The molecule has 0 unspecified atom stereocenters. The number of rotatable bonds is 3. The summed E-state index contributed by atoms with van der Waals surface area (Å²) in [5.74, 6) is 1.18. The first-order valence-electron chi connectivity index (χ1n) is 8.02. The average molecular weight is 341 g/mol. The molecule has 5 nitrogen and oxygen atoms in total. The van der Waals surface area contributed by atoms with Gasteiger partial charge < -0.3 is 10.2 Å². The predicted octanol–water partition coefficient (Wildman–Crippen LogP) is 2.22. The predicted molar refractivity (Wildman–Crippen MR) is 99.5 cm³/mol. The number of Topliss-reactive ketones (excluding diaryl/α,β-unsaturated/α-hetero) is 1. The minimum absolute atomic E-state index is 0.0530. The Morgan fingerprint density at radius 2 is 1.92 bits per heavy atom. The molecule has 1 saturated heterocycles. The van der Waals surface area contributed by atoms with Crippen LogP contribution in [0.25, 0.3) is 0 Å². The van der Waals surface area contributed by atoms with E-state index in [0.29, 0.717) is 10.7 Å². The number of carbonyl (C=O) groups excluding carboxylic acids is 1. The first-order chi connectivity index (χ1) is 11.6. The number of aromatic nitrogens is 1. The summed E-state index contributed by atoms with van der Waals surface area (Å²) in [7, 11) is 0. The molecule has 1 aromatic heterocycles. The van der Waals surface area contributed by atoms with E-state index in [9.17, 15) is 4.79 Å². The molecule has 124 valence electrons. The fourth-order valence-electron chi connectivity index (χ4n) is 2.75. The molecular weight excluding hydrogens is 320 g/mol. The lowest BCUT2D eigenvalue weighted by molar-refractivity contribution is -0.364. The molecule has 1 aliphatic rings. The third-order valence-corrected chi connectivity index (χ3v) is 4.48. The molecule has 3 rings (SSSR count). The SMILES string of the molecule is CC(=O)c1cccc(NC(=S)N2CCN(c3cccc[nH+]3)CC2)c1. The number of aromatic amines is 1. The second kappa shape index (κ2) is 7.40. The van der Waals surface area contributed by atoms with Gasteiger partial charge in [-0.1, -0.05) is 18.2 Å². The van der Waals surface area contributed by atoms with E-state index in [0.717, 1.165) is 37.7 Å². The fourth-order valence-corrected chi connectivity index (χ4v) is 3.05. The smallest absolute Gasteiger partial charge is 0.274 e. The highest BCUT2D eigenvalue weighted by atomic mass is 32.1. The van der Waals surface area contributed by atoms with Crippen molar-refractivity contribution in [2.45, 2.75) is 6.92 Å². The second-order valence-corrected chi connectivity index (χ2v) is 6.18. The van der Waals surface area contributed by atoms with Crippen LogP contribution in [0.1, 0.15) is 17.3 Å². The van der Waals surface area contributed by atoms with Crippen LogP contribution in [0.3, 0.4) is 0 Å². The Morgan fingerprint density at radius 1 is 1.12 bits per heavy atom. The number of piperazine rings is 1. The molecule has 6 heteroatoms. The maximum Gasteiger partial charge on any atom is 0.274 e. The van der Waals surface area contributed by atoms with Crippen LogP contribution in [-0.4, -0.2) is 42.0 Å². The monoisotopic (exact) mass is 341 g/mol. The molecule has 0 aliphatic carbocycles. The summed E-state index contributed by atoms with van der Waals surface area (Å²) in [6, 6.07) is 13.5. The van der Waals surface area contributed by atoms with Gasteiger partial charge in [-0.3, -0.25) is 9.69 Å². The molecule has 0 saturated carbocycles. The van der Waals surface area contributed by atoms with E-state index in [-0.39, 0.29) is 5.78 Å². The number of benzene rings is 1. The van der Waals surface area contributed by atoms with E-state index >= 15 is 0 Å². The maximum absolute atomic E-state index is 11.5. The number of thiocarbonyl (C=S) groups is 1. The van der Waals surface area contributed by atoms with Gasteiger partial charge in [-0.15, -0.1) is 0 Å². The summed E-state index contributed by atoms with van der Waals surface area (Å²) in [6.45, 7) is 5.12. The number of hydrogen-bond donors (Lipinski definition) is 1. The van der Waals surface area contributed by atoms with Crippen LogP contribution in [0.2, 0.25) is 0 Å². The first kappa shape index (κ1) is 16.4. The van der Waals surface area contributed by atoms with Crippen LogP contribution in [0.4, 0.5) is 11.5 Å². The van der Waals surface area contributed by atoms with Gasteiger partial charge in [0.25, 0.3) is 5.82 Å². The van der Waals surface area contributed by atoms with Crippen molar-refractivity contribution >= 4 is 34.6 Å². The standard InChI is InChI=1S/C18H20N4OS/c1-14(23)15-5-4-6-16(13-15)20-18(24)22-11-9-21(10-12-22)17-7-2-3-8-19-17/h2-8,13H,9-12H2,1H3,(H,20,24)/p+1.